The molecule has 1 fully saturated rings. The second-order valence-electron chi connectivity index (χ2n) is 3.05. The van der Waals surface area contributed by atoms with Crippen LogP contribution < -0.4 is 5.73 Å². The van der Waals surface area contributed by atoms with Gasteiger partial charge >= 0.3 is 0 Å². The number of hydrogen-bond acceptors (Lipinski definition) is 4. The number of nitrogens with two attached hydrogens (primary N) is 1. The molecule has 0 spiro atoms. The van der Waals surface area contributed by atoms with E-state index in [1.807, 2.05) is 5.38 Å². The van der Waals surface area contributed by atoms with Crippen molar-refractivity contribution >= 4 is 11.5 Å². The maximum atomic E-state index is 5.95. The molecule has 1 heterocycles. The summed E-state index contributed by atoms with van der Waals surface area (Å²) >= 11 is 1.38. The fourth-order valence-electron chi connectivity index (χ4n) is 1.36. The second-order valence-corrected chi connectivity index (χ2v) is 3.66. The first-order chi connectivity index (χ1) is 5.38. The molecule has 1 aromatic heterocycles. The molecule has 2 rings (SSSR count). The molecule has 1 saturated carbocycles. The van der Waals surface area contributed by atoms with Crippen molar-refractivity contribution in [3.05, 3.63) is 11.1 Å². The van der Waals surface area contributed by atoms with Crippen molar-refractivity contribution in [2.24, 2.45) is 11.7 Å². The first-order valence-electron chi connectivity index (χ1n) is 3.90. The molecule has 11 heavy (non-hydrogen) atoms. The van der Waals surface area contributed by atoms with Crippen molar-refractivity contribution in [1.82, 2.24) is 9.59 Å². The molecule has 0 bridgehead atoms. The molecular weight excluding hydrogens is 158 g/mol. The van der Waals surface area contributed by atoms with E-state index in [-0.39, 0.29) is 6.04 Å². The van der Waals surface area contributed by atoms with Crippen LogP contribution in [0.25, 0.3) is 0 Å². The van der Waals surface area contributed by atoms with Gasteiger partial charge in [-0.3, -0.25) is 0 Å². The van der Waals surface area contributed by atoms with Crippen LogP contribution in [0, 0.1) is 5.92 Å². The van der Waals surface area contributed by atoms with Crippen molar-refractivity contribution in [2.45, 2.75) is 25.3 Å². The van der Waals surface area contributed by atoms with Crippen LogP contribution in [0.15, 0.2) is 5.38 Å². The lowest BCUT2D eigenvalue weighted by Gasteiger charge is -2.29. The van der Waals surface area contributed by atoms with Crippen LogP contribution in [0.5, 0.6) is 0 Å². The molecule has 3 nitrogen and oxygen atoms in total. The summed E-state index contributed by atoms with van der Waals surface area (Å²) in [6.07, 6.45) is 3.85. The van der Waals surface area contributed by atoms with Crippen LogP contribution in [-0.2, 0) is 0 Å². The fourth-order valence-corrected chi connectivity index (χ4v) is 1.86. The van der Waals surface area contributed by atoms with E-state index in [0.717, 1.165) is 5.69 Å². The summed E-state index contributed by atoms with van der Waals surface area (Å²) in [5.74, 6) is 0.666. The van der Waals surface area contributed by atoms with Crippen molar-refractivity contribution in [3.8, 4) is 0 Å². The lowest BCUT2D eigenvalue weighted by atomic mass is 9.79. The van der Waals surface area contributed by atoms with Crippen molar-refractivity contribution in [2.75, 3.05) is 0 Å². The molecule has 1 aliphatic rings. The van der Waals surface area contributed by atoms with Gasteiger partial charge in [-0.1, -0.05) is 10.9 Å². The maximum absolute atomic E-state index is 5.95. The first-order valence-corrected chi connectivity index (χ1v) is 4.74. The Morgan fingerprint density at radius 2 is 2.45 bits per heavy atom. The number of rotatable bonds is 2. The van der Waals surface area contributed by atoms with Gasteiger partial charge in [-0.05, 0) is 30.3 Å². The smallest absolute Gasteiger partial charge is 0.0925 e. The fraction of sp³-hybridized carbons (Fsp3) is 0.714. The molecule has 1 aromatic rings. The van der Waals surface area contributed by atoms with E-state index in [1.165, 1.54) is 30.8 Å². The quantitative estimate of drug-likeness (QED) is 0.726. The summed E-state index contributed by atoms with van der Waals surface area (Å²) in [7, 11) is 0. The Kier molecular flexibility index (Phi) is 1.87. The highest BCUT2D eigenvalue weighted by Crippen LogP contribution is 2.35. The third-order valence-electron chi connectivity index (χ3n) is 2.38. The molecule has 0 saturated heterocycles. The third-order valence-corrected chi connectivity index (χ3v) is 2.90. The zero-order valence-electron chi connectivity index (χ0n) is 6.23. The molecule has 2 N–H and O–H groups in total. The summed E-state index contributed by atoms with van der Waals surface area (Å²) in [6.45, 7) is 0. The van der Waals surface area contributed by atoms with Gasteiger partial charge in [0.1, 0.15) is 0 Å². The van der Waals surface area contributed by atoms with Gasteiger partial charge in [0.25, 0.3) is 0 Å². The Hall–Kier alpha value is -0.480. The molecule has 60 valence electrons. The van der Waals surface area contributed by atoms with Gasteiger partial charge in [-0.15, -0.1) is 5.10 Å². The van der Waals surface area contributed by atoms with Crippen molar-refractivity contribution in [1.29, 1.82) is 0 Å². The lowest BCUT2D eigenvalue weighted by molar-refractivity contribution is 0.261. The average molecular weight is 169 g/mol. The molecule has 4 heteroatoms. The van der Waals surface area contributed by atoms with E-state index in [1.54, 1.807) is 0 Å². The van der Waals surface area contributed by atoms with Gasteiger partial charge in [-0.25, -0.2) is 0 Å². The highest BCUT2D eigenvalue weighted by Gasteiger charge is 2.26. The van der Waals surface area contributed by atoms with Crippen LogP contribution >= 0.6 is 11.5 Å². The summed E-state index contributed by atoms with van der Waals surface area (Å²) in [5, 5.41) is 5.91. The van der Waals surface area contributed by atoms with Crippen LogP contribution in [0.2, 0.25) is 0 Å². The van der Waals surface area contributed by atoms with Crippen LogP contribution in [0.3, 0.4) is 0 Å². The first kappa shape index (κ1) is 7.18. The van der Waals surface area contributed by atoms with Gasteiger partial charge in [0.2, 0.25) is 0 Å². The number of aromatic nitrogens is 2. The summed E-state index contributed by atoms with van der Waals surface area (Å²) < 4.78 is 3.80. The largest absolute Gasteiger partial charge is 0.322 e. The molecule has 0 radical (unpaired) electrons. The minimum absolute atomic E-state index is 0.141. The third kappa shape index (κ3) is 1.28. The molecule has 1 atom stereocenters. The van der Waals surface area contributed by atoms with Crippen LogP contribution in [-0.4, -0.2) is 9.59 Å². The summed E-state index contributed by atoms with van der Waals surface area (Å²) in [5.41, 5.74) is 6.92. The zero-order chi connectivity index (χ0) is 7.68. The number of hydrogen-bond donors (Lipinski definition) is 1. The normalized spacial score (nSPS) is 21.2. The average Bonchev–Trinajstić information content (AvgIpc) is 2.32. The van der Waals surface area contributed by atoms with Crippen molar-refractivity contribution in [3.63, 3.8) is 0 Å². The number of nitrogens with zero attached hydrogens (tertiary/aromatic N) is 2. The SMILES string of the molecule is NC(c1csnn1)C1CCC1. The van der Waals surface area contributed by atoms with Gasteiger partial charge < -0.3 is 5.73 Å². The summed E-state index contributed by atoms with van der Waals surface area (Å²) in [4.78, 5) is 0. The van der Waals surface area contributed by atoms with E-state index < -0.39 is 0 Å². The van der Waals surface area contributed by atoms with E-state index in [4.69, 9.17) is 5.73 Å². The van der Waals surface area contributed by atoms with Crippen LogP contribution in [0.4, 0.5) is 0 Å². The zero-order valence-corrected chi connectivity index (χ0v) is 7.05. The molecule has 1 aliphatic carbocycles. The Morgan fingerprint density at radius 3 is 2.91 bits per heavy atom. The predicted molar refractivity (Wildman–Crippen MR) is 44.2 cm³/mol. The van der Waals surface area contributed by atoms with E-state index >= 15 is 0 Å². The van der Waals surface area contributed by atoms with E-state index in [9.17, 15) is 0 Å². The minimum Gasteiger partial charge on any atom is -0.322 e. The van der Waals surface area contributed by atoms with Gasteiger partial charge in [0, 0.05) is 5.38 Å². The Balaban J connectivity index is 2.04. The minimum atomic E-state index is 0.141. The standard InChI is InChI=1S/C7H11N3S/c8-7(5-2-1-3-5)6-4-11-10-9-6/h4-5,7H,1-3,8H2. The molecule has 0 aliphatic heterocycles. The van der Waals surface area contributed by atoms with Crippen LogP contribution in [0.1, 0.15) is 31.0 Å². The molecule has 1 unspecified atom stereocenters. The van der Waals surface area contributed by atoms with Gasteiger partial charge in [-0.2, -0.15) is 0 Å². The molecular formula is C7H11N3S. The van der Waals surface area contributed by atoms with Gasteiger partial charge in [0.15, 0.2) is 0 Å². The highest BCUT2D eigenvalue weighted by atomic mass is 32.1. The Morgan fingerprint density at radius 1 is 1.64 bits per heavy atom. The molecule has 0 amide bonds. The van der Waals surface area contributed by atoms with Crippen molar-refractivity contribution < 1.29 is 0 Å². The monoisotopic (exact) mass is 169 g/mol. The topological polar surface area (TPSA) is 51.8 Å². The second kappa shape index (κ2) is 2.87. The summed E-state index contributed by atoms with van der Waals surface area (Å²) in [6, 6.07) is 0.141. The Labute approximate surface area is 69.8 Å². The maximum Gasteiger partial charge on any atom is 0.0925 e. The van der Waals surface area contributed by atoms with Gasteiger partial charge in [0.05, 0.1) is 11.7 Å². The Bertz CT molecular complexity index is 218. The lowest BCUT2D eigenvalue weighted by Crippen LogP contribution is -2.27. The predicted octanol–water partition coefficient (Wildman–Crippen LogP) is 1.34. The van der Waals surface area contributed by atoms with E-state index in [0.29, 0.717) is 5.92 Å². The molecule has 0 aromatic carbocycles. The highest BCUT2D eigenvalue weighted by molar-refractivity contribution is 7.03. The van der Waals surface area contributed by atoms with E-state index in [2.05, 4.69) is 9.59 Å².